The van der Waals surface area contributed by atoms with Crippen molar-refractivity contribution in [2.24, 2.45) is 0 Å². The second kappa shape index (κ2) is 6.96. The number of benzene rings is 2. The first kappa shape index (κ1) is 16.3. The Morgan fingerprint density at radius 3 is 2.84 bits per heavy atom. The van der Waals surface area contributed by atoms with Crippen molar-refractivity contribution in [1.82, 2.24) is 4.90 Å². The first-order chi connectivity index (χ1) is 12.3. The lowest BCUT2D eigenvalue weighted by Gasteiger charge is -2.36. The highest BCUT2D eigenvalue weighted by Crippen LogP contribution is 2.50. The minimum Gasteiger partial charge on any atom is -0.492 e. The smallest absolute Gasteiger partial charge is 0.231 e. The average molecular weight is 339 g/mol. The molecule has 4 nitrogen and oxygen atoms in total. The zero-order valence-corrected chi connectivity index (χ0v) is 15.0. The molecule has 0 aliphatic carbocycles. The van der Waals surface area contributed by atoms with Crippen molar-refractivity contribution in [1.29, 1.82) is 0 Å². The predicted molar refractivity (Wildman–Crippen MR) is 97.6 cm³/mol. The van der Waals surface area contributed by atoms with E-state index in [0.717, 1.165) is 49.5 Å². The second-order valence-electron chi connectivity index (χ2n) is 6.84. The summed E-state index contributed by atoms with van der Waals surface area (Å²) in [7, 11) is 3.94. The van der Waals surface area contributed by atoms with Crippen LogP contribution in [0.1, 0.15) is 35.6 Å². The van der Waals surface area contributed by atoms with E-state index in [2.05, 4.69) is 48.3 Å². The lowest BCUT2D eigenvalue weighted by atomic mass is 9.88. The Hall–Kier alpha value is -2.20. The molecule has 1 unspecified atom stereocenters. The van der Waals surface area contributed by atoms with Crippen molar-refractivity contribution in [3.05, 3.63) is 53.1 Å². The number of rotatable bonds is 5. The van der Waals surface area contributed by atoms with Crippen molar-refractivity contribution in [2.75, 3.05) is 27.5 Å². The maximum absolute atomic E-state index is 5.77. The summed E-state index contributed by atoms with van der Waals surface area (Å²) in [5.41, 5.74) is 4.02. The summed E-state index contributed by atoms with van der Waals surface area (Å²) in [6.45, 7) is 1.34. The molecular formula is C21H25NO3. The lowest BCUT2D eigenvalue weighted by molar-refractivity contribution is 0.170. The van der Waals surface area contributed by atoms with Crippen molar-refractivity contribution >= 4 is 0 Å². The Kier molecular flexibility index (Phi) is 4.53. The summed E-state index contributed by atoms with van der Waals surface area (Å²) in [4.78, 5) is 2.44. The third kappa shape index (κ3) is 3.07. The number of ether oxygens (including phenoxy) is 3. The van der Waals surface area contributed by atoms with Crippen LogP contribution in [0.4, 0.5) is 0 Å². The van der Waals surface area contributed by atoms with Crippen LogP contribution >= 0.6 is 0 Å². The average Bonchev–Trinajstić information content (AvgIpc) is 3.11. The van der Waals surface area contributed by atoms with E-state index < -0.39 is 0 Å². The topological polar surface area (TPSA) is 30.9 Å². The fourth-order valence-electron chi connectivity index (χ4n) is 4.03. The van der Waals surface area contributed by atoms with Crippen LogP contribution in [0.25, 0.3) is 0 Å². The van der Waals surface area contributed by atoms with E-state index in [1.807, 2.05) is 0 Å². The van der Waals surface area contributed by atoms with Gasteiger partial charge >= 0.3 is 0 Å². The Morgan fingerprint density at radius 1 is 1.20 bits per heavy atom. The molecule has 0 fully saturated rings. The molecule has 1 atom stereocenters. The third-order valence-electron chi connectivity index (χ3n) is 5.33. The summed E-state index contributed by atoms with van der Waals surface area (Å²) < 4.78 is 17.0. The number of likely N-dealkylation sites (N-methyl/N-ethyl adjacent to an activating group) is 1. The van der Waals surface area contributed by atoms with E-state index in [9.17, 15) is 0 Å². The number of fused-ring (bicyclic) bond motifs is 2. The molecule has 4 heteroatoms. The molecule has 2 aliphatic rings. The number of hydrogen-bond acceptors (Lipinski definition) is 4. The highest BCUT2D eigenvalue weighted by atomic mass is 16.7. The van der Waals surface area contributed by atoms with Crippen LogP contribution in [-0.4, -0.2) is 32.4 Å². The quantitative estimate of drug-likeness (QED) is 0.824. The Labute approximate surface area is 149 Å². The van der Waals surface area contributed by atoms with Crippen LogP contribution < -0.4 is 14.2 Å². The van der Waals surface area contributed by atoms with Gasteiger partial charge < -0.3 is 14.2 Å². The van der Waals surface area contributed by atoms with E-state index >= 15 is 0 Å². The summed E-state index contributed by atoms with van der Waals surface area (Å²) >= 11 is 0. The molecule has 2 heterocycles. The van der Waals surface area contributed by atoms with Crippen LogP contribution in [0.2, 0.25) is 0 Å². The fraction of sp³-hybridized carbons (Fsp3) is 0.429. The van der Waals surface area contributed by atoms with Crippen LogP contribution in [0.5, 0.6) is 17.2 Å². The van der Waals surface area contributed by atoms with Crippen molar-refractivity contribution in [3.63, 3.8) is 0 Å². The molecule has 0 saturated heterocycles. The Balaban J connectivity index is 1.59. The van der Waals surface area contributed by atoms with E-state index in [0.29, 0.717) is 6.04 Å². The number of hydrogen-bond donors (Lipinski definition) is 0. The molecule has 0 radical (unpaired) electrons. The van der Waals surface area contributed by atoms with E-state index in [-0.39, 0.29) is 6.79 Å². The van der Waals surface area contributed by atoms with Gasteiger partial charge in [0.1, 0.15) is 0 Å². The highest BCUT2D eigenvalue weighted by molar-refractivity contribution is 5.61. The molecule has 0 aromatic heterocycles. The van der Waals surface area contributed by atoms with Crippen LogP contribution in [-0.2, 0) is 12.8 Å². The molecule has 132 valence electrons. The summed E-state index contributed by atoms with van der Waals surface area (Å²) in [5, 5.41) is 0. The van der Waals surface area contributed by atoms with Gasteiger partial charge in [0, 0.05) is 18.2 Å². The molecule has 2 aromatic rings. The Morgan fingerprint density at radius 2 is 2.04 bits per heavy atom. The fourth-order valence-corrected chi connectivity index (χ4v) is 4.03. The van der Waals surface area contributed by atoms with E-state index in [1.54, 1.807) is 7.11 Å². The minimum atomic E-state index is 0.281. The number of methoxy groups -OCH3 is 1. The molecule has 0 amide bonds. The van der Waals surface area contributed by atoms with Crippen molar-refractivity contribution < 1.29 is 14.2 Å². The van der Waals surface area contributed by atoms with Crippen LogP contribution in [0.3, 0.4) is 0 Å². The van der Waals surface area contributed by atoms with Gasteiger partial charge in [-0.25, -0.2) is 0 Å². The second-order valence-corrected chi connectivity index (χ2v) is 6.84. The third-order valence-corrected chi connectivity index (χ3v) is 5.33. The van der Waals surface area contributed by atoms with Gasteiger partial charge in [-0.15, -0.1) is 0 Å². The standard InChI is InChI=1S/C21H25NO3/c1-22-12-11-16-13-18-20(25-14-24-18)21(23-2)19(16)17(22)10-6-9-15-7-4-3-5-8-15/h3-5,7-8,13,17H,6,9-12,14H2,1-2H3. The highest BCUT2D eigenvalue weighted by Gasteiger charge is 2.33. The van der Waals surface area contributed by atoms with Gasteiger partial charge in [0.2, 0.25) is 12.5 Å². The van der Waals surface area contributed by atoms with Gasteiger partial charge in [-0.05, 0) is 49.9 Å². The summed E-state index contributed by atoms with van der Waals surface area (Å²) in [6, 6.07) is 13.2. The van der Waals surface area contributed by atoms with Crippen LogP contribution in [0.15, 0.2) is 36.4 Å². The van der Waals surface area contributed by atoms with Crippen molar-refractivity contribution in [3.8, 4) is 17.2 Å². The lowest BCUT2D eigenvalue weighted by Crippen LogP contribution is -2.32. The maximum Gasteiger partial charge on any atom is 0.231 e. The zero-order valence-electron chi connectivity index (χ0n) is 15.0. The summed E-state index contributed by atoms with van der Waals surface area (Å²) in [5.74, 6) is 2.45. The predicted octanol–water partition coefficient (Wildman–Crippen LogP) is 3.98. The van der Waals surface area contributed by atoms with Crippen LogP contribution in [0, 0.1) is 0 Å². The first-order valence-electron chi connectivity index (χ1n) is 9.01. The zero-order chi connectivity index (χ0) is 17.2. The van der Waals surface area contributed by atoms with E-state index in [1.165, 1.54) is 16.7 Å². The van der Waals surface area contributed by atoms with Gasteiger partial charge in [-0.2, -0.15) is 0 Å². The molecule has 0 spiro atoms. The largest absolute Gasteiger partial charge is 0.492 e. The van der Waals surface area contributed by atoms with Gasteiger partial charge in [0.25, 0.3) is 0 Å². The van der Waals surface area contributed by atoms with Gasteiger partial charge in [0.05, 0.1) is 7.11 Å². The Bertz CT molecular complexity index is 745. The molecule has 0 N–H and O–H groups in total. The molecule has 2 aliphatic heterocycles. The monoisotopic (exact) mass is 339 g/mol. The van der Waals surface area contributed by atoms with Gasteiger partial charge in [-0.1, -0.05) is 30.3 Å². The minimum absolute atomic E-state index is 0.281. The molecular weight excluding hydrogens is 314 g/mol. The number of aryl methyl sites for hydroxylation is 1. The van der Waals surface area contributed by atoms with E-state index in [4.69, 9.17) is 14.2 Å². The first-order valence-corrected chi connectivity index (χ1v) is 9.01. The maximum atomic E-state index is 5.77. The number of nitrogens with zero attached hydrogens (tertiary/aromatic N) is 1. The normalized spacial score (nSPS) is 18.9. The SMILES string of the molecule is COc1c2c(cc3c1C(CCCc1ccccc1)N(C)CC3)OCO2. The van der Waals surface area contributed by atoms with Crippen molar-refractivity contribution in [2.45, 2.75) is 31.7 Å². The molecule has 2 aromatic carbocycles. The molecule has 0 bridgehead atoms. The van der Waals surface area contributed by atoms with Gasteiger partial charge in [0.15, 0.2) is 11.5 Å². The molecule has 25 heavy (non-hydrogen) atoms. The molecule has 0 saturated carbocycles. The van der Waals surface area contributed by atoms with Gasteiger partial charge in [-0.3, -0.25) is 4.90 Å². The summed E-state index contributed by atoms with van der Waals surface area (Å²) in [6.07, 6.45) is 4.38. The molecule has 4 rings (SSSR count).